The summed E-state index contributed by atoms with van der Waals surface area (Å²) in [5.41, 5.74) is 2.67. The number of para-hydroxylation sites is 1. The number of aryl methyl sites for hydroxylation is 1. The molecule has 3 N–H and O–H groups in total. The predicted octanol–water partition coefficient (Wildman–Crippen LogP) is 4.34. The number of rotatable bonds is 7. The topological polar surface area (TPSA) is 91.8 Å². The normalized spacial score (nSPS) is 15.0. The Labute approximate surface area is 186 Å². The smallest absolute Gasteiger partial charge is 0.252 e. The lowest BCUT2D eigenvalue weighted by Crippen LogP contribution is -2.33. The largest absolute Gasteiger partial charge is 0.457 e. The van der Waals surface area contributed by atoms with Crippen LogP contribution < -0.4 is 20.7 Å². The molecule has 1 atom stereocenters. The summed E-state index contributed by atoms with van der Waals surface area (Å²) in [7, 11) is 0. The molecule has 0 saturated heterocycles. The van der Waals surface area contributed by atoms with Crippen LogP contribution in [0.4, 0.5) is 11.4 Å². The molecule has 0 aliphatic carbocycles. The molecule has 162 valence electrons. The van der Waals surface area contributed by atoms with Crippen molar-refractivity contribution in [2.24, 2.45) is 4.99 Å². The molecule has 2 amide bonds. The molecular weight excluding hydrogens is 404 g/mol. The Morgan fingerprint density at radius 1 is 0.938 bits per heavy atom. The van der Waals surface area contributed by atoms with Gasteiger partial charge in [-0.05, 0) is 60.5 Å². The average Bonchev–Trinajstić information content (AvgIpc) is 3.14. The molecule has 7 heteroatoms. The number of benzene rings is 3. The van der Waals surface area contributed by atoms with Crippen molar-refractivity contribution in [2.75, 3.05) is 10.6 Å². The van der Waals surface area contributed by atoms with Gasteiger partial charge in [0.15, 0.2) is 0 Å². The second-order valence-electron chi connectivity index (χ2n) is 7.35. The zero-order chi connectivity index (χ0) is 22.3. The molecule has 0 bridgehead atoms. The van der Waals surface area contributed by atoms with Crippen LogP contribution in [0.2, 0.25) is 0 Å². The molecule has 3 aromatic rings. The predicted molar refractivity (Wildman–Crippen MR) is 125 cm³/mol. The van der Waals surface area contributed by atoms with Gasteiger partial charge in [0.05, 0.1) is 6.42 Å². The molecule has 32 heavy (non-hydrogen) atoms. The van der Waals surface area contributed by atoms with E-state index in [4.69, 9.17) is 4.74 Å². The van der Waals surface area contributed by atoms with Crippen LogP contribution in [0.1, 0.15) is 18.9 Å². The van der Waals surface area contributed by atoms with Crippen LogP contribution in [0.3, 0.4) is 0 Å². The molecule has 3 aromatic carbocycles. The van der Waals surface area contributed by atoms with E-state index in [1.165, 1.54) is 5.56 Å². The Morgan fingerprint density at radius 3 is 2.28 bits per heavy atom. The van der Waals surface area contributed by atoms with Crippen LogP contribution in [0.25, 0.3) is 0 Å². The fourth-order valence-electron chi connectivity index (χ4n) is 3.23. The number of amides is 2. The Kier molecular flexibility index (Phi) is 6.46. The van der Waals surface area contributed by atoms with Crippen LogP contribution in [0.5, 0.6) is 11.5 Å². The van der Waals surface area contributed by atoms with E-state index in [9.17, 15) is 9.59 Å². The SMILES string of the molecule is CCc1ccc(NC2=N[C@@H](CC(=O)Nc3ccc(Oc4ccccc4)cc3)C(=O)N2)cc1. The van der Waals surface area contributed by atoms with Gasteiger partial charge in [0, 0.05) is 11.4 Å². The fourth-order valence-corrected chi connectivity index (χ4v) is 3.23. The Morgan fingerprint density at radius 2 is 1.59 bits per heavy atom. The number of carbonyl (C=O) groups excluding carboxylic acids is 2. The minimum Gasteiger partial charge on any atom is -0.457 e. The third-order valence-corrected chi connectivity index (χ3v) is 4.95. The van der Waals surface area contributed by atoms with Crippen LogP contribution in [0, 0.1) is 0 Å². The summed E-state index contributed by atoms with van der Waals surface area (Å²) in [6.45, 7) is 2.09. The minimum atomic E-state index is -0.770. The molecule has 0 unspecified atom stereocenters. The van der Waals surface area contributed by atoms with Gasteiger partial charge in [-0.1, -0.05) is 37.3 Å². The lowest BCUT2D eigenvalue weighted by Gasteiger charge is -2.09. The van der Waals surface area contributed by atoms with E-state index in [2.05, 4.69) is 27.9 Å². The molecule has 4 rings (SSSR count). The van der Waals surface area contributed by atoms with E-state index in [-0.39, 0.29) is 18.2 Å². The highest BCUT2D eigenvalue weighted by atomic mass is 16.5. The Balaban J connectivity index is 1.30. The molecule has 1 heterocycles. The van der Waals surface area contributed by atoms with E-state index in [1.807, 2.05) is 54.6 Å². The van der Waals surface area contributed by atoms with E-state index in [0.29, 0.717) is 17.4 Å². The molecule has 0 fully saturated rings. The van der Waals surface area contributed by atoms with Crippen molar-refractivity contribution >= 4 is 29.1 Å². The van der Waals surface area contributed by atoms with Crippen LogP contribution >= 0.6 is 0 Å². The van der Waals surface area contributed by atoms with Gasteiger partial charge in [-0.15, -0.1) is 0 Å². The summed E-state index contributed by atoms with van der Waals surface area (Å²) < 4.78 is 5.74. The number of anilines is 2. The number of hydrogen-bond donors (Lipinski definition) is 3. The molecule has 0 spiro atoms. The summed E-state index contributed by atoms with van der Waals surface area (Å²) in [6.07, 6.45) is 0.909. The molecule has 1 aliphatic rings. The van der Waals surface area contributed by atoms with Crippen molar-refractivity contribution in [3.8, 4) is 11.5 Å². The van der Waals surface area contributed by atoms with Crippen LogP contribution in [-0.4, -0.2) is 23.8 Å². The number of carbonyl (C=O) groups is 2. The maximum absolute atomic E-state index is 12.4. The van der Waals surface area contributed by atoms with Crippen molar-refractivity contribution in [3.63, 3.8) is 0 Å². The quantitative estimate of drug-likeness (QED) is 0.522. The molecule has 0 radical (unpaired) electrons. The first kappa shape index (κ1) is 21.1. The van der Waals surface area contributed by atoms with E-state index < -0.39 is 6.04 Å². The Hall–Kier alpha value is -4.13. The lowest BCUT2D eigenvalue weighted by atomic mass is 10.1. The molecular formula is C25H24N4O3. The monoisotopic (exact) mass is 428 g/mol. The van der Waals surface area contributed by atoms with E-state index >= 15 is 0 Å². The third-order valence-electron chi connectivity index (χ3n) is 4.95. The van der Waals surface area contributed by atoms with Crippen LogP contribution in [0.15, 0.2) is 83.9 Å². The number of guanidine groups is 1. The first-order valence-corrected chi connectivity index (χ1v) is 10.5. The van der Waals surface area contributed by atoms with E-state index in [0.717, 1.165) is 17.9 Å². The molecule has 0 aromatic heterocycles. The average molecular weight is 428 g/mol. The van der Waals surface area contributed by atoms with Crippen molar-refractivity contribution in [3.05, 3.63) is 84.4 Å². The van der Waals surface area contributed by atoms with Gasteiger partial charge in [-0.2, -0.15) is 0 Å². The number of nitrogens with zero attached hydrogens (tertiary/aromatic N) is 1. The summed E-state index contributed by atoms with van der Waals surface area (Å²) in [5.74, 6) is 1.15. The highest BCUT2D eigenvalue weighted by Crippen LogP contribution is 2.23. The van der Waals surface area contributed by atoms with Crippen molar-refractivity contribution < 1.29 is 14.3 Å². The van der Waals surface area contributed by atoms with E-state index in [1.54, 1.807) is 24.3 Å². The number of hydrogen-bond acceptors (Lipinski definition) is 5. The zero-order valence-corrected chi connectivity index (χ0v) is 17.7. The second kappa shape index (κ2) is 9.78. The van der Waals surface area contributed by atoms with Gasteiger partial charge in [0.25, 0.3) is 5.91 Å². The fraction of sp³-hybridized carbons (Fsp3) is 0.160. The maximum atomic E-state index is 12.4. The zero-order valence-electron chi connectivity index (χ0n) is 17.7. The van der Waals surface area contributed by atoms with Gasteiger partial charge in [0.2, 0.25) is 11.9 Å². The van der Waals surface area contributed by atoms with Crippen molar-refractivity contribution in [2.45, 2.75) is 25.8 Å². The second-order valence-corrected chi connectivity index (χ2v) is 7.35. The van der Waals surface area contributed by atoms with Gasteiger partial charge in [-0.25, -0.2) is 4.99 Å². The van der Waals surface area contributed by atoms with Gasteiger partial charge >= 0.3 is 0 Å². The number of nitrogens with one attached hydrogen (secondary N) is 3. The molecule has 0 saturated carbocycles. The summed E-state index contributed by atoms with van der Waals surface area (Å²) >= 11 is 0. The number of ether oxygens (including phenoxy) is 1. The van der Waals surface area contributed by atoms with Gasteiger partial charge < -0.3 is 15.4 Å². The Bertz CT molecular complexity index is 1110. The first-order chi connectivity index (χ1) is 15.6. The summed E-state index contributed by atoms with van der Waals surface area (Å²) in [5, 5.41) is 8.55. The third kappa shape index (κ3) is 5.51. The first-order valence-electron chi connectivity index (χ1n) is 10.5. The van der Waals surface area contributed by atoms with Crippen molar-refractivity contribution in [1.82, 2.24) is 5.32 Å². The summed E-state index contributed by atoms with van der Waals surface area (Å²) in [6, 6.07) is 23.6. The minimum absolute atomic E-state index is 0.0476. The highest BCUT2D eigenvalue weighted by molar-refractivity contribution is 6.11. The lowest BCUT2D eigenvalue weighted by molar-refractivity contribution is -0.123. The van der Waals surface area contributed by atoms with Gasteiger partial charge in [0.1, 0.15) is 17.5 Å². The molecule has 7 nitrogen and oxygen atoms in total. The number of aliphatic imine (C=N–C) groups is 1. The van der Waals surface area contributed by atoms with Gasteiger partial charge in [-0.3, -0.25) is 14.9 Å². The van der Waals surface area contributed by atoms with Crippen LogP contribution in [-0.2, 0) is 16.0 Å². The summed E-state index contributed by atoms with van der Waals surface area (Å²) in [4.78, 5) is 28.9. The highest BCUT2D eigenvalue weighted by Gasteiger charge is 2.28. The van der Waals surface area contributed by atoms with Crippen molar-refractivity contribution in [1.29, 1.82) is 0 Å². The standard InChI is InChI=1S/C25H24N4O3/c1-2-17-8-10-19(11-9-17)27-25-28-22(24(31)29-25)16-23(30)26-18-12-14-21(15-13-18)32-20-6-4-3-5-7-20/h3-15,22H,2,16H2,1H3,(H,26,30)(H2,27,28,29,31)/t22-/m0/s1. The molecule has 1 aliphatic heterocycles. The maximum Gasteiger partial charge on any atom is 0.252 e.